The smallest absolute Gasteiger partial charge is 0.0954 e. The molecule has 1 unspecified atom stereocenters. The van der Waals surface area contributed by atoms with E-state index in [-0.39, 0.29) is 6.04 Å². The Kier molecular flexibility index (Phi) is 2.77. The first-order valence-corrected chi connectivity index (χ1v) is 4.77. The van der Waals surface area contributed by atoms with Crippen LogP contribution in [-0.2, 0) is 7.05 Å². The van der Waals surface area contributed by atoms with Gasteiger partial charge in [0.1, 0.15) is 0 Å². The molecule has 0 amide bonds. The molecule has 1 atom stereocenters. The minimum atomic E-state index is -0.219. The molecule has 0 saturated carbocycles. The van der Waals surface area contributed by atoms with E-state index in [9.17, 15) is 0 Å². The molecule has 0 aliphatic heterocycles. The fourth-order valence-electron chi connectivity index (χ4n) is 1.52. The van der Waals surface area contributed by atoms with Crippen molar-refractivity contribution in [1.82, 2.24) is 15.2 Å². The van der Waals surface area contributed by atoms with Gasteiger partial charge in [-0.2, -0.15) is 5.10 Å². The third-order valence-corrected chi connectivity index (χ3v) is 2.55. The van der Waals surface area contributed by atoms with Crippen LogP contribution in [0.5, 0.6) is 0 Å². The standard InChI is InChI=1S/C9H11ClN4O/c1-14-9(7(10)4-12-14)8(13-11)6-2-3-15-5-6/h2-5,8,13H,11H2,1H3. The number of furan rings is 1. The van der Waals surface area contributed by atoms with E-state index in [4.69, 9.17) is 21.9 Å². The fourth-order valence-corrected chi connectivity index (χ4v) is 1.79. The molecule has 0 aliphatic carbocycles. The van der Waals surface area contributed by atoms with Crippen LogP contribution in [0.15, 0.2) is 29.2 Å². The van der Waals surface area contributed by atoms with Crippen LogP contribution in [0.3, 0.4) is 0 Å². The molecule has 0 saturated heterocycles. The van der Waals surface area contributed by atoms with Gasteiger partial charge in [-0.25, -0.2) is 5.43 Å². The summed E-state index contributed by atoms with van der Waals surface area (Å²) in [6.45, 7) is 0. The van der Waals surface area contributed by atoms with Gasteiger partial charge in [-0.05, 0) is 6.07 Å². The first-order valence-electron chi connectivity index (χ1n) is 4.39. The Labute approximate surface area is 91.8 Å². The number of rotatable bonds is 3. The summed E-state index contributed by atoms with van der Waals surface area (Å²) in [5.74, 6) is 5.50. The Morgan fingerprint density at radius 1 is 1.67 bits per heavy atom. The van der Waals surface area contributed by atoms with Gasteiger partial charge in [0.25, 0.3) is 0 Å². The number of nitrogens with one attached hydrogen (secondary N) is 1. The van der Waals surface area contributed by atoms with E-state index < -0.39 is 0 Å². The molecule has 0 spiro atoms. The summed E-state index contributed by atoms with van der Waals surface area (Å²) in [7, 11) is 1.81. The zero-order valence-corrected chi connectivity index (χ0v) is 8.90. The maximum absolute atomic E-state index is 6.03. The van der Waals surface area contributed by atoms with E-state index >= 15 is 0 Å². The molecule has 0 aromatic carbocycles. The fraction of sp³-hybridized carbons (Fsp3) is 0.222. The number of hydrazine groups is 1. The highest BCUT2D eigenvalue weighted by Gasteiger charge is 2.20. The van der Waals surface area contributed by atoms with E-state index in [2.05, 4.69) is 10.5 Å². The first-order chi connectivity index (χ1) is 7.24. The zero-order chi connectivity index (χ0) is 10.8. The highest BCUT2D eigenvalue weighted by atomic mass is 35.5. The minimum Gasteiger partial charge on any atom is -0.472 e. The van der Waals surface area contributed by atoms with Crippen molar-refractivity contribution in [2.24, 2.45) is 12.9 Å². The Morgan fingerprint density at radius 3 is 2.93 bits per heavy atom. The topological polar surface area (TPSA) is 69.0 Å². The molecule has 2 aromatic heterocycles. The van der Waals surface area contributed by atoms with Gasteiger partial charge in [0, 0.05) is 12.6 Å². The van der Waals surface area contributed by atoms with Crippen LogP contribution in [0.25, 0.3) is 0 Å². The van der Waals surface area contributed by atoms with Gasteiger partial charge in [-0.15, -0.1) is 0 Å². The van der Waals surface area contributed by atoms with Crippen molar-refractivity contribution in [2.45, 2.75) is 6.04 Å². The molecule has 80 valence electrons. The van der Waals surface area contributed by atoms with Crippen molar-refractivity contribution in [2.75, 3.05) is 0 Å². The number of halogens is 1. The lowest BCUT2D eigenvalue weighted by Crippen LogP contribution is -2.30. The highest BCUT2D eigenvalue weighted by Crippen LogP contribution is 2.27. The molecule has 2 rings (SSSR count). The molecule has 0 aliphatic rings. The highest BCUT2D eigenvalue weighted by molar-refractivity contribution is 6.31. The Bertz CT molecular complexity index is 417. The van der Waals surface area contributed by atoms with Crippen LogP contribution in [0.2, 0.25) is 5.02 Å². The molecule has 2 aromatic rings. The lowest BCUT2D eigenvalue weighted by molar-refractivity contribution is 0.541. The van der Waals surface area contributed by atoms with Crippen LogP contribution >= 0.6 is 11.6 Å². The number of hydrogen-bond acceptors (Lipinski definition) is 4. The Morgan fingerprint density at radius 2 is 2.47 bits per heavy atom. The summed E-state index contributed by atoms with van der Waals surface area (Å²) in [5, 5.41) is 4.62. The van der Waals surface area contributed by atoms with Crippen LogP contribution in [0.4, 0.5) is 0 Å². The average molecular weight is 227 g/mol. The molecule has 0 fully saturated rings. The van der Waals surface area contributed by atoms with E-state index in [0.29, 0.717) is 5.02 Å². The summed E-state index contributed by atoms with van der Waals surface area (Å²) < 4.78 is 6.69. The van der Waals surface area contributed by atoms with Gasteiger partial charge in [0.2, 0.25) is 0 Å². The second-order valence-electron chi connectivity index (χ2n) is 3.16. The summed E-state index contributed by atoms with van der Waals surface area (Å²) in [6, 6.07) is 1.61. The molecule has 15 heavy (non-hydrogen) atoms. The maximum Gasteiger partial charge on any atom is 0.0954 e. The van der Waals surface area contributed by atoms with Gasteiger partial charge >= 0.3 is 0 Å². The predicted octanol–water partition coefficient (Wildman–Crippen LogP) is 1.22. The first kappa shape index (κ1) is 10.2. The van der Waals surface area contributed by atoms with E-state index in [0.717, 1.165) is 11.3 Å². The molecule has 2 heterocycles. The molecular weight excluding hydrogens is 216 g/mol. The molecular formula is C9H11ClN4O. The second kappa shape index (κ2) is 4.06. The minimum absolute atomic E-state index is 0.219. The van der Waals surface area contributed by atoms with Crippen LogP contribution < -0.4 is 11.3 Å². The van der Waals surface area contributed by atoms with E-state index in [1.807, 2.05) is 13.1 Å². The van der Waals surface area contributed by atoms with Gasteiger partial charge in [0.05, 0.1) is 35.5 Å². The summed E-state index contributed by atoms with van der Waals surface area (Å²) in [5.41, 5.74) is 4.39. The van der Waals surface area contributed by atoms with Crippen molar-refractivity contribution in [1.29, 1.82) is 0 Å². The van der Waals surface area contributed by atoms with E-state index in [1.165, 1.54) is 0 Å². The van der Waals surface area contributed by atoms with Gasteiger partial charge in [0.15, 0.2) is 0 Å². The monoisotopic (exact) mass is 226 g/mol. The Balaban J connectivity index is 2.44. The van der Waals surface area contributed by atoms with Gasteiger partial charge in [-0.3, -0.25) is 10.5 Å². The van der Waals surface area contributed by atoms with Crippen LogP contribution in [0, 0.1) is 0 Å². The number of nitrogens with zero attached hydrogens (tertiary/aromatic N) is 2. The lowest BCUT2D eigenvalue weighted by Gasteiger charge is -2.14. The van der Waals surface area contributed by atoms with E-state index in [1.54, 1.807) is 23.4 Å². The summed E-state index contributed by atoms with van der Waals surface area (Å²) in [4.78, 5) is 0. The summed E-state index contributed by atoms with van der Waals surface area (Å²) in [6.07, 6.45) is 4.79. The normalized spacial score (nSPS) is 13.0. The number of nitrogens with two attached hydrogens (primary N) is 1. The number of aromatic nitrogens is 2. The lowest BCUT2D eigenvalue weighted by atomic mass is 10.1. The van der Waals surface area contributed by atoms with Crippen molar-refractivity contribution >= 4 is 11.6 Å². The maximum atomic E-state index is 6.03. The summed E-state index contributed by atoms with van der Waals surface area (Å²) >= 11 is 6.03. The Hall–Kier alpha value is -1.30. The second-order valence-corrected chi connectivity index (χ2v) is 3.56. The SMILES string of the molecule is Cn1ncc(Cl)c1C(NN)c1ccoc1. The predicted molar refractivity (Wildman–Crippen MR) is 56.1 cm³/mol. The largest absolute Gasteiger partial charge is 0.472 e. The third kappa shape index (κ3) is 1.77. The molecule has 0 bridgehead atoms. The quantitative estimate of drug-likeness (QED) is 0.610. The van der Waals surface area contributed by atoms with Crippen LogP contribution in [0.1, 0.15) is 17.3 Å². The molecule has 0 radical (unpaired) electrons. The molecule has 6 heteroatoms. The van der Waals surface area contributed by atoms with Gasteiger partial charge in [-0.1, -0.05) is 11.6 Å². The average Bonchev–Trinajstić information content (AvgIpc) is 2.83. The number of aryl methyl sites for hydroxylation is 1. The number of hydrogen-bond donors (Lipinski definition) is 2. The molecule has 5 nitrogen and oxygen atoms in total. The third-order valence-electron chi connectivity index (χ3n) is 2.25. The van der Waals surface area contributed by atoms with Crippen molar-refractivity contribution in [3.05, 3.63) is 41.1 Å². The van der Waals surface area contributed by atoms with Crippen molar-refractivity contribution in [3.8, 4) is 0 Å². The van der Waals surface area contributed by atoms with Crippen molar-refractivity contribution in [3.63, 3.8) is 0 Å². The van der Waals surface area contributed by atoms with Crippen LogP contribution in [-0.4, -0.2) is 9.78 Å². The van der Waals surface area contributed by atoms with Gasteiger partial charge < -0.3 is 4.42 Å². The zero-order valence-electron chi connectivity index (χ0n) is 8.14. The molecule has 3 N–H and O–H groups in total. The van der Waals surface area contributed by atoms with Crippen molar-refractivity contribution < 1.29 is 4.42 Å².